The number of rotatable bonds is 11. The number of hydrogen-bond acceptors (Lipinski definition) is 3. The van der Waals surface area contributed by atoms with E-state index in [1.807, 2.05) is 6.26 Å². The van der Waals surface area contributed by atoms with Crippen molar-refractivity contribution in [3.8, 4) is 0 Å². The first-order valence-electron chi connectivity index (χ1n) is 7.02. The Morgan fingerprint density at radius 3 is 1.82 bits per heavy atom. The van der Waals surface area contributed by atoms with Gasteiger partial charge in [-0.2, -0.15) is 0 Å². The van der Waals surface area contributed by atoms with Gasteiger partial charge in [-0.15, -0.1) is 0 Å². The first-order valence-corrected chi connectivity index (χ1v) is 8.65. The third kappa shape index (κ3) is 14.2. The van der Waals surface area contributed by atoms with Crippen LogP contribution in [-0.4, -0.2) is 17.2 Å². The number of ether oxygens (including phenoxy) is 1. The monoisotopic (exact) mass is 276 g/mol. The van der Waals surface area contributed by atoms with Gasteiger partial charge in [0.1, 0.15) is 0 Å². The molecule has 1 nitrogen and oxygen atoms in total. The van der Waals surface area contributed by atoms with Crippen molar-refractivity contribution in [3.63, 3.8) is 0 Å². The Kier molecular flexibility index (Phi) is 14.5. The molecule has 0 aliphatic carbocycles. The average Bonchev–Trinajstić information content (AvgIpc) is 2.35. The normalized spacial score (nSPS) is 10.5. The highest BCUT2D eigenvalue weighted by Gasteiger charge is 1.95. The molecule has 0 aliphatic heterocycles. The third-order valence-corrected chi connectivity index (χ3v) is 3.95. The van der Waals surface area contributed by atoms with Crippen LogP contribution in [0.15, 0.2) is 0 Å². The van der Waals surface area contributed by atoms with Crippen LogP contribution in [0.1, 0.15) is 71.1 Å². The zero-order valence-electron chi connectivity index (χ0n) is 11.5. The maximum Gasteiger partial charge on any atom is 0.219 e. The SMILES string of the molecule is CCCCCCCCCCCCOC(=S)SC. The lowest BCUT2D eigenvalue weighted by molar-refractivity contribution is 0.308. The molecule has 0 fully saturated rings. The molecule has 0 rings (SSSR count). The lowest BCUT2D eigenvalue weighted by atomic mass is 10.1. The minimum absolute atomic E-state index is 0.681. The van der Waals surface area contributed by atoms with Crippen LogP contribution in [-0.2, 0) is 4.74 Å². The summed E-state index contributed by atoms with van der Waals surface area (Å²) in [4.78, 5) is 0. The molecule has 102 valence electrons. The predicted molar refractivity (Wildman–Crippen MR) is 83.9 cm³/mol. The lowest BCUT2D eigenvalue weighted by Gasteiger charge is -2.04. The summed E-state index contributed by atoms with van der Waals surface area (Å²) < 4.78 is 6.04. The van der Waals surface area contributed by atoms with Crippen molar-refractivity contribution in [2.24, 2.45) is 0 Å². The Morgan fingerprint density at radius 1 is 0.882 bits per heavy atom. The molecule has 0 amide bonds. The Labute approximate surface area is 117 Å². The maximum atomic E-state index is 5.36. The minimum Gasteiger partial charge on any atom is -0.479 e. The summed E-state index contributed by atoms with van der Waals surface area (Å²) in [7, 11) is 0. The largest absolute Gasteiger partial charge is 0.479 e. The quantitative estimate of drug-likeness (QED) is 0.360. The molecule has 0 aliphatic rings. The van der Waals surface area contributed by atoms with Crippen LogP contribution < -0.4 is 0 Å². The molecule has 0 radical (unpaired) electrons. The van der Waals surface area contributed by atoms with Crippen LogP contribution in [0.4, 0.5) is 0 Å². The molecule has 0 saturated carbocycles. The van der Waals surface area contributed by atoms with E-state index in [2.05, 4.69) is 6.92 Å². The van der Waals surface area contributed by atoms with Gasteiger partial charge in [0.05, 0.1) is 6.61 Å². The van der Waals surface area contributed by atoms with Gasteiger partial charge in [0.15, 0.2) is 0 Å². The van der Waals surface area contributed by atoms with E-state index in [4.69, 9.17) is 17.0 Å². The summed E-state index contributed by atoms with van der Waals surface area (Å²) >= 11 is 6.48. The molecule has 0 aromatic rings. The Balaban J connectivity index is 2.96. The Bertz CT molecular complexity index is 172. The minimum atomic E-state index is 0.681. The second-order valence-electron chi connectivity index (χ2n) is 4.48. The molecule has 0 unspecified atom stereocenters. The van der Waals surface area contributed by atoms with Crippen LogP contribution in [0.25, 0.3) is 0 Å². The number of thiocarbonyl (C=S) groups is 1. The van der Waals surface area contributed by atoms with Crippen LogP contribution in [0.2, 0.25) is 0 Å². The van der Waals surface area contributed by atoms with E-state index in [-0.39, 0.29) is 0 Å². The Morgan fingerprint density at radius 2 is 1.35 bits per heavy atom. The maximum absolute atomic E-state index is 5.36. The zero-order valence-corrected chi connectivity index (χ0v) is 13.1. The molecule has 0 aromatic heterocycles. The smallest absolute Gasteiger partial charge is 0.219 e. The number of hydrogen-bond donors (Lipinski definition) is 0. The first-order chi connectivity index (χ1) is 8.31. The summed E-state index contributed by atoms with van der Waals surface area (Å²) in [6, 6.07) is 0. The molecular weight excluding hydrogens is 248 g/mol. The van der Waals surface area contributed by atoms with Gasteiger partial charge in [0, 0.05) is 0 Å². The summed E-state index contributed by atoms with van der Waals surface area (Å²) in [5.74, 6) is 0. The molecule has 0 spiro atoms. The molecule has 0 bridgehead atoms. The highest BCUT2D eigenvalue weighted by molar-refractivity contribution is 8.22. The Hall–Kier alpha value is 0.240. The molecular formula is C14H28OS2. The lowest BCUT2D eigenvalue weighted by Crippen LogP contribution is -1.98. The van der Waals surface area contributed by atoms with Crippen LogP contribution in [0.3, 0.4) is 0 Å². The van der Waals surface area contributed by atoms with Crippen LogP contribution in [0.5, 0.6) is 0 Å². The summed E-state index contributed by atoms with van der Waals surface area (Å²) in [6.07, 6.45) is 15.6. The van der Waals surface area contributed by atoms with Crippen molar-refractivity contribution in [2.75, 3.05) is 12.9 Å². The van der Waals surface area contributed by atoms with Crippen LogP contribution in [0, 0.1) is 0 Å². The van der Waals surface area contributed by atoms with E-state index < -0.39 is 0 Å². The van der Waals surface area contributed by atoms with Crippen LogP contribution >= 0.6 is 24.0 Å². The van der Waals surface area contributed by atoms with Gasteiger partial charge in [-0.3, -0.25) is 0 Å². The second kappa shape index (κ2) is 14.3. The van der Waals surface area contributed by atoms with E-state index in [0.29, 0.717) is 4.38 Å². The number of thioether (sulfide) groups is 1. The molecule has 0 saturated heterocycles. The number of unbranched alkanes of at least 4 members (excludes halogenated alkanes) is 9. The fourth-order valence-corrected chi connectivity index (χ4v) is 2.09. The highest BCUT2D eigenvalue weighted by atomic mass is 32.2. The third-order valence-electron chi connectivity index (χ3n) is 2.88. The van der Waals surface area contributed by atoms with Crippen molar-refractivity contribution >= 4 is 28.4 Å². The molecule has 17 heavy (non-hydrogen) atoms. The predicted octanol–water partition coefficient (Wildman–Crippen LogP) is 5.57. The highest BCUT2D eigenvalue weighted by Crippen LogP contribution is 2.10. The first kappa shape index (κ1) is 17.2. The fourth-order valence-electron chi connectivity index (χ4n) is 1.80. The zero-order chi connectivity index (χ0) is 12.8. The van der Waals surface area contributed by atoms with E-state index in [1.54, 1.807) is 0 Å². The standard InChI is InChI=1S/C14H28OS2/c1-3-4-5-6-7-8-9-10-11-12-13-15-14(16)17-2/h3-13H2,1-2H3. The fraction of sp³-hybridized carbons (Fsp3) is 0.929. The van der Waals surface area contributed by atoms with Crippen molar-refractivity contribution in [1.29, 1.82) is 0 Å². The summed E-state index contributed by atoms with van der Waals surface area (Å²) in [5.41, 5.74) is 0. The van der Waals surface area contributed by atoms with Crippen molar-refractivity contribution < 1.29 is 4.74 Å². The van der Waals surface area contributed by atoms with Gasteiger partial charge in [-0.25, -0.2) is 0 Å². The molecule has 0 aromatic carbocycles. The summed E-state index contributed by atoms with van der Waals surface area (Å²) in [5, 5.41) is 0. The van der Waals surface area contributed by atoms with E-state index >= 15 is 0 Å². The van der Waals surface area contributed by atoms with Crippen molar-refractivity contribution in [1.82, 2.24) is 0 Å². The van der Waals surface area contributed by atoms with Gasteiger partial charge >= 0.3 is 0 Å². The van der Waals surface area contributed by atoms with Gasteiger partial charge in [0.2, 0.25) is 4.38 Å². The molecule has 0 atom stereocenters. The van der Waals surface area contributed by atoms with Gasteiger partial charge in [0.25, 0.3) is 0 Å². The van der Waals surface area contributed by atoms with Gasteiger partial charge < -0.3 is 4.74 Å². The topological polar surface area (TPSA) is 9.23 Å². The molecule has 0 N–H and O–H groups in total. The van der Waals surface area contributed by atoms with E-state index in [9.17, 15) is 0 Å². The van der Waals surface area contributed by atoms with Crippen molar-refractivity contribution in [2.45, 2.75) is 71.1 Å². The molecule has 0 heterocycles. The van der Waals surface area contributed by atoms with Crippen molar-refractivity contribution in [3.05, 3.63) is 0 Å². The average molecular weight is 277 g/mol. The van der Waals surface area contributed by atoms with E-state index in [0.717, 1.165) is 13.0 Å². The summed E-state index contributed by atoms with van der Waals surface area (Å²) in [6.45, 7) is 3.07. The van der Waals surface area contributed by atoms with Gasteiger partial charge in [-0.05, 0) is 24.9 Å². The van der Waals surface area contributed by atoms with E-state index in [1.165, 1.54) is 69.5 Å². The second-order valence-corrected chi connectivity index (χ2v) is 5.89. The van der Waals surface area contributed by atoms with Gasteiger partial charge in [-0.1, -0.05) is 76.5 Å². The molecule has 3 heteroatoms.